The molecule has 2 unspecified atom stereocenters. The first-order valence-corrected chi connectivity index (χ1v) is 9.34. The molecule has 0 aromatic heterocycles. The number of hydrogen-bond acceptors (Lipinski definition) is 3. The SMILES string of the molecule is Cl.NCCCOC1CCN(C(=O)C2CC2c2cccc(Br)c2)CC1. The van der Waals surface area contributed by atoms with Crippen LogP contribution in [0.1, 0.15) is 37.2 Å². The minimum absolute atomic E-state index is 0. The van der Waals surface area contributed by atoms with Gasteiger partial charge in [-0.25, -0.2) is 0 Å². The molecule has 1 saturated carbocycles. The van der Waals surface area contributed by atoms with E-state index >= 15 is 0 Å². The second-order valence-electron chi connectivity index (χ2n) is 6.54. The van der Waals surface area contributed by atoms with Crippen molar-refractivity contribution in [2.75, 3.05) is 26.2 Å². The lowest BCUT2D eigenvalue weighted by molar-refractivity contribution is -0.135. The number of nitrogens with zero attached hydrogens (tertiary/aromatic N) is 1. The summed E-state index contributed by atoms with van der Waals surface area (Å²) in [5.74, 6) is 0.910. The molecule has 1 aromatic carbocycles. The average molecular weight is 418 g/mol. The van der Waals surface area contributed by atoms with Gasteiger partial charge in [-0.2, -0.15) is 0 Å². The van der Waals surface area contributed by atoms with Crippen LogP contribution >= 0.6 is 28.3 Å². The zero-order chi connectivity index (χ0) is 16.2. The quantitative estimate of drug-likeness (QED) is 0.722. The molecule has 0 radical (unpaired) electrons. The van der Waals surface area contributed by atoms with Crippen LogP contribution in [0.15, 0.2) is 28.7 Å². The van der Waals surface area contributed by atoms with Gasteiger partial charge in [-0.1, -0.05) is 28.1 Å². The molecule has 4 nitrogen and oxygen atoms in total. The second-order valence-corrected chi connectivity index (χ2v) is 7.46. The van der Waals surface area contributed by atoms with Gasteiger partial charge < -0.3 is 15.4 Å². The third-order valence-electron chi connectivity index (χ3n) is 4.84. The van der Waals surface area contributed by atoms with E-state index in [0.29, 0.717) is 24.5 Å². The molecular formula is C18H26BrClN2O2. The zero-order valence-electron chi connectivity index (χ0n) is 13.8. The third kappa shape index (κ3) is 4.94. The Labute approximate surface area is 158 Å². The van der Waals surface area contributed by atoms with E-state index in [-0.39, 0.29) is 18.3 Å². The normalized spacial score (nSPS) is 23.7. The number of nitrogens with two attached hydrogens (primary N) is 1. The van der Waals surface area contributed by atoms with E-state index in [1.54, 1.807) is 0 Å². The zero-order valence-corrected chi connectivity index (χ0v) is 16.2. The first kappa shape index (κ1) is 19.7. The standard InChI is InChI=1S/C18H25BrN2O2.ClH/c19-14-4-1-3-13(11-14)16-12-17(16)18(22)21-8-5-15(6-9-21)23-10-2-7-20;/h1,3-4,11,15-17H,2,5-10,12,20H2;1H. The second kappa shape index (κ2) is 9.18. The Hall–Kier alpha value is -0.620. The van der Waals surface area contributed by atoms with Crippen molar-refractivity contribution in [1.82, 2.24) is 4.90 Å². The van der Waals surface area contributed by atoms with Gasteiger partial charge in [-0.3, -0.25) is 4.79 Å². The number of halogens is 2. The summed E-state index contributed by atoms with van der Waals surface area (Å²) in [6.07, 6.45) is 4.10. The smallest absolute Gasteiger partial charge is 0.226 e. The Bertz CT molecular complexity index is 550. The molecular weight excluding hydrogens is 392 g/mol. The number of amides is 1. The van der Waals surface area contributed by atoms with Gasteiger partial charge in [0.2, 0.25) is 5.91 Å². The predicted octanol–water partition coefficient (Wildman–Crippen LogP) is 3.33. The maximum Gasteiger partial charge on any atom is 0.226 e. The molecule has 1 aliphatic heterocycles. The molecule has 2 fully saturated rings. The molecule has 6 heteroatoms. The van der Waals surface area contributed by atoms with Crippen LogP contribution < -0.4 is 5.73 Å². The molecule has 1 heterocycles. The van der Waals surface area contributed by atoms with Gasteiger partial charge in [0.25, 0.3) is 0 Å². The van der Waals surface area contributed by atoms with Crippen molar-refractivity contribution in [2.24, 2.45) is 11.7 Å². The highest BCUT2D eigenvalue weighted by atomic mass is 79.9. The Balaban J connectivity index is 0.00000208. The van der Waals surface area contributed by atoms with Crippen molar-refractivity contribution in [3.05, 3.63) is 34.3 Å². The van der Waals surface area contributed by atoms with E-state index in [0.717, 1.165) is 49.9 Å². The molecule has 2 aliphatic rings. The number of benzene rings is 1. The Kier molecular flexibility index (Phi) is 7.54. The van der Waals surface area contributed by atoms with E-state index in [4.69, 9.17) is 10.5 Å². The van der Waals surface area contributed by atoms with Gasteiger partial charge in [-0.15, -0.1) is 12.4 Å². The maximum atomic E-state index is 12.7. The van der Waals surface area contributed by atoms with Crippen LogP contribution in [-0.4, -0.2) is 43.2 Å². The van der Waals surface area contributed by atoms with E-state index < -0.39 is 0 Å². The van der Waals surface area contributed by atoms with Crippen LogP contribution in [-0.2, 0) is 9.53 Å². The molecule has 1 saturated heterocycles. The lowest BCUT2D eigenvalue weighted by Crippen LogP contribution is -2.42. The number of hydrogen-bond donors (Lipinski definition) is 1. The monoisotopic (exact) mass is 416 g/mol. The van der Waals surface area contributed by atoms with E-state index in [2.05, 4.69) is 28.1 Å². The molecule has 134 valence electrons. The molecule has 2 atom stereocenters. The summed E-state index contributed by atoms with van der Waals surface area (Å²) < 4.78 is 6.89. The fourth-order valence-corrected chi connectivity index (χ4v) is 3.80. The largest absolute Gasteiger partial charge is 0.378 e. The first-order chi connectivity index (χ1) is 11.2. The summed E-state index contributed by atoms with van der Waals surface area (Å²) >= 11 is 3.51. The van der Waals surface area contributed by atoms with Crippen LogP contribution in [0.25, 0.3) is 0 Å². The Morgan fingerprint density at radius 2 is 2.08 bits per heavy atom. The van der Waals surface area contributed by atoms with Gasteiger partial charge in [0, 0.05) is 30.1 Å². The third-order valence-corrected chi connectivity index (χ3v) is 5.33. The lowest BCUT2D eigenvalue weighted by Gasteiger charge is -2.32. The van der Waals surface area contributed by atoms with E-state index in [9.17, 15) is 4.79 Å². The average Bonchev–Trinajstić information content (AvgIpc) is 3.36. The van der Waals surface area contributed by atoms with Crippen molar-refractivity contribution in [1.29, 1.82) is 0 Å². The van der Waals surface area contributed by atoms with Crippen molar-refractivity contribution in [3.63, 3.8) is 0 Å². The maximum absolute atomic E-state index is 12.7. The molecule has 24 heavy (non-hydrogen) atoms. The molecule has 1 aliphatic carbocycles. The van der Waals surface area contributed by atoms with Crippen LogP contribution in [0.5, 0.6) is 0 Å². The highest BCUT2D eigenvalue weighted by Crippen LogP contribution is 2.49. The fraction of sp³-hybridized carbons (Fsp3) is 0.611. The van der Waals surface area contributed by atoms with Gasteiger partial charge in [0.05, 0.1) is 6.10 Å². The lowest BCUT2D eigenvalue weighted by atomic mass is 10.1. The minimum Gasteiger partial charge on any atom is -0.378 e. The molecule has 2 N–H and O–H groups in total. The van der Waals surface area contributed by atoms with Crippen LogP contribution in [0.2, 0.25) is 0 Å². The van der Waals surface area contributed by atoms with Crippen LogP contribution in [0, 0.1) is 5.92 Å². The topological polar surface area (TPSA) is 55.6 Å². The van der Waals surface area contributed by atoms with Gasteiger partial charge in [0.1, 0.15) is 0 Å². The van der Waals surface area contributed by atoms with Gasteiger partial charge >= 0.3 is 0 Å². The van der Waals surface area contributed by atoms with Gasteiger partial charge in [0.15, 0.2) is 0 Å². The number of carbonyl (C=O) groups excluding carboxylic acids is 1. The van der Waals surface area contributed by atoms with E-state index in [1.165, 1.54) is 5.56 Å². The summed E-state index contributed by atoms with van der Waals surface area (Å²) in [5.41, 5.74) is 6.76. The van der Waals surface area contributed by atoms with Crippen molar-refractivity contribution < 1.29 is 9.53 Å². The molecule has 0 bridgehead atoms. The van der Waals surface area contributed by atoms with Crippen LogP contribution in [0.3, 0.4) is 0 Å². The number of piperidine rings is 1. The van der Waals surface area contributed by atoms with Crippen LogP contribution in [0.4, 0.5) is 0 Å². The van der Waals surface area contributed by atoms with Crippen molar-refractivity contribution in [3.8, 4) is 0 Å². The summed E-state index contributed by atoms with van der Waals surface area (Å²) in [7, 11) is 0. The number of rotatable bonds is 6. The Morgan fingerprint density at radius 1 is 1.33 bits per heavy atom. The molecule has 1 aromatic rings. The number of ether oxygens (including phenoxy) is 1. The highest BCUT2D eigenvalue weighted by molar-refractivity contribution is 9.10. The summed E-state index contributed by atoms with van der Waals surface area (Å²) in [6, 6.07) is 8.33. The summed E-state index contributed by atoms with van der Waals surface area (Å²) in [4.78, 5) is 14.7. The first-order valence-electron chi connectivity index (χ1n) is 8.55. The highest BCUT2D eigenvalue weighted by Gasteiger charge is 2.46. The minimum atomic E-state index is 0. The molecule has 3 rings (SSSR count). The fourth-order valence-electron chi connectivity index (χ4n) is 3.38. The van der Waals surface area contributed by atoms with Gasteiger partial charge in [-0.05, 0) is 55.8 Å². The van der Waals surface area contributed by atoms with Crippen molar-refractivity contribution in [2.45, 2.75) is 37.7 Å². The predicted molar refractivity (Wildman–Crippen MR) is 101 cm³/mol. The Morgan fingerprint density at radius 3 is 2.75 bits per heavy atom. The summed E-state index contributed by atoms with van der Waals surface area (Å²) in [5, 5.41) is 0. The number of likely N-dealkylation sites (tertiary alicyclic amines) is 1. The molecule has 1 amide bonds. The van der Waals surface area contributed by atoms with E-state index in [1.807, 2.05) is 17.0 Å². The van der Waals surface area contributed by atoms with Crippen molar-refractivity contribution >= 4 is 34.2 Å². The molecule has 0 spiro atoms. The summed E-state index contributed by atoms with van der Waals surface area (Å²) in [6.45, 7) is 3.07. The number of carbonyl (C=O) groups is 1.